The molecule has 3 aromatic rings. The molecule has 0 spiro atoms. The maximum Gasteiger partial charge on any atom is 0.230 e. The van der Waals surface area contributed by atoms with Gasteiger partial charge in [0.25, 0.3) is 0 Å². The van der Waals surface area contributed by atoms with Crippen LogP contribution in [0.3, 0.4) is 0 Å². The fourth-order valence-electron chi connectivity index (χ4n) is 5.40. The number of carbonyl (C=O) groups excluding carboxylic acids is 1. The number of benzene rings is 2. The summed E-state index contributed by atoms with van der Waals surface area (Å²) in [5.41, 5.74) is 10.9. The fraction of sp³-hybridized carbons (Fsp3) is 0.387. The Hall–Kier alpha value is -5.00. The van der Waals surface area contributed by atoms with Gasteiger partial charge in [0.05, 0.1) is 24.2 Å². The number of piperidine rings is 1. The molecule has 2 aliphatic rings. The second kappa shape index (κ2) is 14.7. The van der Waals surface area contributed by atoms with E-state index >= 15 is 4.39 Å². The molecule has 0 aliphatic carbocycles. The summed E-state index contributed by atoms with van der Waals surface area (Å²) < 4.78 is 21.0. The smallest absolute Gasteiger partial charge is 0.230 e. The summed E-state index contributed by atoms with van der Waals surface area (Å²) in [6, 6.07) is 15.2. The Bertz CT molecular complexity index is 1540. The molecule has 2 unspecified atom stereocenters. The Balaban J connectivity index is 1.20. The van der Waals surface area contributed by atoms with Gasteiger partial charge in [-0.15, -0.1) is 0 Å². The average molecular weight is 616 g/mol. The fourth-order valence-corrected chi connectivity index (χ4v) is 5.40. The quantitative estimate of drug-likeness (QED) is 0.194. The predicted octanol–water partition coefficient (Wildman–Crippen LogP) is 2.27. The van der Waals surface area contributed by atoms with Crippen LogP contribution in [0.5, 0.6) is 5.75 Å². The van der Waals surface area contributed by atoms with Crippen LogP contribution in [0, 0.1) is 11.3 Å². The molecule has 2 saturated heterocycles. The minimum absolute atomic E-state index is 0.0527. The minimum Gasteiger partial charge on any atom is -0.486 e. The van der Waals surface area contributed by atoms with Crippen LogP contribution in [0.1, 0.15) is 25.3 Å². The zero-order valence-electron chi connectivity index (χ0n) is 25.2. The first-order chi connectivity index (χ1) is 21.9. The standard InChI is InChI=1S/C31H38FN11O2/c1-2-41-11-13-42(14-12-41)25-6-4-23(5-7-25)38-31-37-20-36-30(39-31)21-3-8-27(22(15-21)17-33)45-28-9-10-43(19-26(28)32)29(44)16-24(18-34)40-35/h3-8,15,18,20,26,28,40H,2,9-14,16,19,34-35H2,1H3,(H,36,37,38,39)/b24-18-. The topological polar surface area (TPSA) is 175 Å². The van der Waals surface area contributed by atoms with Crippen molar-refractivity contribution in [2.45, 2.75) is 32.0 Å². The number of ether oxygens (including phenoxy) is 1. The molecule has 2 atom stereocenters. The number of hydrogen-bond acceptors (Lipinski definition) is 12. The van der Waals surface area contributed by atoms with E-state index in [4.69, 9.17) is 16.3 Å². The molecule has 0 bridgehead atoms. The van der Waals surface area contributed by atoms with E-state index in [1.165, 1.54) is 23.1 Å². The number of nitrogens with one attached hydrogen (secondary N) is 2. The Morgan fingerprint density at radius 1 is 1.16 bits per heavy atom. The zero-order chi connectivity index (χ0) is 31.8. The number of alkyl halides is 1. The number of anilines is 3. The van der Waals surface area contributed by atoms with Gasteiger partial charge in [-0.25, -0.2) is 14.4 Å². The van der Waals surface area contributed by atoms with Gasteiger partial charge in [0.15, 0.2) is 12.0 Å². The molecule has 2 aliphatic heterocycles. The molecule has 0 radical (unpaired) electrons. The summed E-state index contributed by atoms with van der Waals surface area (Å²) in [4.78, 5) is 31.8. The number of nitrogens with zero attached hydrogens (tertiary/aromatic N) is 7. The molecule has 13 nitrogen and oxygen atoms in total. The molecule has 1 amide bonds. The molecule has 3 heterocycles. The molecule has 5 rings (SSSR count). The minimum atomic E-state index is -1.44. The molecule has 45 heavy (non-hydrogen) atoms. The normalized spacial score (nSPS) is 19.1. The van der Waals surface area contributed by atoms with Gasteiger partial charge in [0, 0.05) is 62.3 Å². The van der Waals surface area contributed by atoms with Crippen molar-refractivity contribution in [3.63, 3.8) is 0 Å². The highest BCUT2D eigenvalue weighted by Crippen LogP contribution is 2.29. The van der Waals surface area contributed by atoms with E-state index in [-0.39, 0.29) is 36.6 Å². The van der Waals surface area contributed by atoms with Crippen molar-refractivity contribution in [3.05, 3.63) is 66.3 Å². The van der Waals surface area contributed by atoms with Crippen LogP contribution in [-0.2, 0) is 4.79 Å². The van der Waals surface area contributed by atoms with Gasteiger partial charge in [-0.3, -0.25) is 10.6 Å². The van der Waals surface area contributed by atoms with Crippen molar-refractivity contribution in [3.8, 4) is 23.2 Å². The van der Waals surface area contributed by atoms with Gasteiger partial charge < -0.3 is 35.9 Å². The van der Waals surface area contributed by atoms with Gasteiger partial charge in [0.1, 0.15) is 24.3 Å². The van der Waals surface area contributed by atoms with Gasteiger partial charge >= 0.3 is 0 Å². The number of likely N-dealkylation sites (N-methyl/N-ethyl adjacent to an activating group) is 1. The Labute approximate surface area is 261 Å². The van der Waals surface area contributed by atoms with Crippen molar-refractivity contribution in [2.24, 2.45) is 11.6 Å². The summed E-state index contributed by atoms with van der Waals surface area (Å²) in [6.45, 7) is 7.56. The van der Waals surface area contributed by atoms with E-state index in [0.29, 0.717) is 29.6 Å². The number of likely N-dealkylation sites (tertiary alicyclic amines) is 1. The second-order valence-electron chi connectivity index (χ2n) is 10.9. The molecule has 2 aromatic carbocycles. The van der Waals surface area contributed by atoms with Gasteiger partial charge in [0.2, 0.25) is 11.9 Å². The lowest BCUT2D eigenvalue weighted by Gasteiger charge is -2.35. The van der Waals surface area contributed by atoms with Crippen LogP contribution >= 0.6 is 0 Å². The molecule has 1 aromatic heterocycles. The number of hydrazine groups is 1. The van der Waals surface area contributed by atoms with Crippen LogP contribution in [-0.4, -0.2) is 88.7 Å². The highest BCUT2D eigenvalue weighted by Gasteiger charge is 2.33. The van der Waals surface area contributed by atoms with Crippen LogP contribution in [0.15, 0.2) is 60.7 Å². The van der Waals surface area contributed by atoms with Gasteiger partial charge in [-0.05, 0) is 49.0 Å². The number of nitriles is 1. The number of amides is 1. The number of carbonyl (C=O) groups is 1. The summed E-state index contributed by atoms with van der Waals surface area (Å²) in [5.74, 6) is 6.02. The SMILES string of the molecule is CCN1CCN(c2ccc(Nc3ncnc(-c4ccc(OC5CCN(C(=O)C/C(=C/N)NN)CC5F)c(C#N)c4)n3)cc2)CC1. The van der Waals surface area contributed by atoms with Crippen LogP contribution in [0.4, 0.5) is 21.7 Å². The third-order valence-electron chi connectivity index (χ3n) is 8.08. The van der Waals surface area contributed by atoms with E-state index in [9.17, 15) is 10.1 Å². The van der Waals surface area contributed by atoms with Crippen molar-refractivity contribution >= 4 is 23.2 Å². The molecule has 236 valence electrons. The predicted molar refractivity (Wildman–Crippen MR) is 169 cm³/mol. The summed E-state index contributed by atoms with van der Waals surface area (Å²) in [6.07, 6.45) is 0.559. The zero-order valence-corrected chi connectivity index (χ0v) is 25.2. The van der Waals surface area contributed by atoms with Crippen molar-refractivity contribution < 1.29 is 13.9 Å². The van der Waals surface area contributed by atoms with E-state index in [2.05, 4.69) is 60.6 Å². The molecular formula is C31H38FN11O2. The van der Waals surface area contributed by atoms with Crippen LogP contribution < -0.4 is 32.0 Å². The summed E-state index contributed by atoms with van der Waals surface area (Å²) in [5, 5.41) is 13.1. The van der Waals surface area contributed by atoms with E-state index in [1.807, 2.05) is 12.1 Å². The van der Waals surface area contributed by atoms with Gasteiger partial charge in [-0.1, -0.05) is 6.92 Å². The number of rotatable bonds is 10. The first kappa shape index (κ1) is 31.4. The van der Waals surface area contributed by atoms with Crippen molar-refractivity contribution in [2.75, 3.05) is 56.0 Å². The lowest BCUT2D eigenvalue weighted by Crippen LogP contribution is -2.49. The number of hydrogen-bond donors (Lipinski definition) is 4. The Morgan fingerprint density at radius 3 is 2.60 bits per heavy atom. The summed E-state index contributed by atoms with van der Waals surface area (Å²) >= 11 is 0. The lowest BCUT2D eigenvalue weighted by atomic mass is 10.0. The second-order valence-corrected chi connectivity index (χ2v) is 10.9. The molecule has 6 N–H and O–H groups in total. The first-order valence-corrected chi connectivity index (χ1v) is 14.9. The Kier molecular flexibility index (Phi) is 10.2. The molecular weight excluding hydrogens is 577 g/mol. The highest BCUT2D eigenvalue weighted by molar-refractivity contribution is 5.78. The van der Waals surface area contributed by atoms with Crippen LogP contribution in [0.2, 0.25) is 0 Å². The van der Waals surface area contributed by atoms with E-state index < -0.39 is 12.3 Å². The third kappa shape index (κ3) is 7.75. The molecule has 0 saturated carbocycles. The van der Waals surface area contributed by atoms with Gasteiger partial charge in [-0.2, -0.15) is 10.2 Å². The van der Waals surface area contributed by atoms with Crippen molar-refractivity contribution in [1.29, 1.82) is 5.26 Å². The number of piperazine rings is 1. The lowest BCUT2D eigenvalue weighted by molar-refractivity contribution is -0.134. The van der Waals surface area contributed by atoms with Crippen molar-refractivity contribution in [1.82, 2.24) is 30.2 Å². The van der Waals surface area contributed by atoms with E-state index in [0.717, 1.165) is 38.4 Å². The monoisotopic (exact) mass is 615 g/mol. The molecule has 2 fully saturated rings. The Morgan fingerprint density at radius 2 is 1.93 bits per heavy atom. The third-order valence-corrected chi connectivity index (χ3v) is 8.08. The maximum absolute atomic E-state index is 15.1. The number of halogens is 1. The van der Waals surface area contributed by atoms with E-state index in [1.54, 1.807) is 18.2 Å². The maximum atomic E-state index is 15.1. The highest BCUT2D eigenvalue weighted by atomic mass is 19.1. The number of aromatic nitrogens is 3. The summed E-state index contributed by atoms with van der Waals surface area (Å²) in [7, 11) is 0. The first-order valence-electron chi connectivity index (χ1n) is 14.9. The van der Waals surface area contributed by atoms with Crippen LogP contribution in [0.25, 0.3) is 11.4 Å². The largest absolute Gasteiger partial charge is 0.486 e. The number of nitrogens with two attached hydrogens (primary N) is 2. The molecule has 14 heteroatoms. The average Bonchev–Trinajstić information content (AvgIpc) is 3.08.